The molecule has 0 saturated heterocycles. The molecule has 0 bridgehead atoms. The van der Waals surface area contributed by atoms with Crippen molar-refractivity contribution in [3.05, 3.63) is 29.8 Å². The van der Waals surface area contributed by atoms with E-state index < -0.39 is 17.9 Å². The van der Waals surface area contributed by atoms with Gasteiger partial charge in [-0.25, -0.2) is 0 Å². The standard InChI is InChI=1S/C12H15F3O2/c1-11(2,3)10(16)8-6-4-5-7-9(8)17-12(13,14)15/h4-7,10,16H,1-3H3. The number of rotatable bonds is 2. The summed E-state index contributed by atoms with van der Waals surface area (Å²) in [5.74, 6) is -0.359. The lowest BCUT2D eigenvalue weighted by Gasteiger charge is -2.27. The van der Waals surface area contributed by atoms with Gasteiger partial charge in [0.25, 0.3) is 0 Å². The molecule has 1 atom stereocenters. The van der Waals surface area contributed by atoms with Gasteiger partial charge in [0.15, 0.2) is 0 Å². The average molecular weight is 248 g/mol. The summed E-state index contributed by atoms with van der Waals surface area (Å²) in [6, 6.07) is 5.61. The molecule has 0 fully saturated rings. The van der Waals surface area contributed by atoms with Crippen LogP contribution in [0.5, 0.6) is 5.75 Å². The third-order valence-corrected chi connectivity index (χ3v) is 2.26. The molecule has 0 heterocycles. The van der Waals surface area contributed by atoms with Gasteiger partial charge in [-0.1, -0.05) is 39.0 Å². The first-order valence-electron chi connectivity index (χ1n) is 5.14. The first-order valence-corrected chi connectivity index (χ1v) is 5.14. The molecule has 2 nitrogen and oxygen atoms in total. The molecule has 1 aromatic carbocycles. The van der Waals surface area contributed by atoms with E-state index in [2.05, 4.69) is 4.74 Å². The minimum absolute atomic E-state index is 0.136. The Balaban J connectivity index is 3.08. The van der Waals surface area contributed by atoms with Crippen LogP contribution in [-0.4, -0.2) is 11.5 Å². The maximum atomic E-state index is 12.2. The lowest BCUT2D eigenvalue weighted by Crippen LogP contribution is -2.22. The molecule has 5 heteroatoms. The van der Waals surface area contributed by atoms with E-state index in [9.17, 15) is 18.3 Å². The van der Waals surface area contributed by atoms with Crippen LogP contribution in [0.3, 0.4) is 0 Å². The Morgan fingerprint density at radius 3 is 2.12 bits per heavy atom. The second-order valence-electron chi connectivity index (χ2n) is 4.85. The Morgan fingerprint density at radius 1 is 1.12 bits per heavy atom. The Labute approximate surface area is 98.0 Å². The summed E-state index contributed by atoms with van der Waals surface area (Å²) < 4.78 is 40.4. The average Bonchev–Trinajstić information content (AvgIpc) is 2.13. The van der Waals surface area contributed by atoms with Crippen LogP contribution in [0.2, 0.25) is 0 Å². The molecule has 1 rings (SSSR count). The smallest absolute Gasteiger partial charge is 0.405 e. The van der Waals surface area contributed by atoms with Crippen molar-refractivity contribution in [3.63, 3.8) is 0 Å². The van der Waals surface area contributed by atoms with Crippen molar-refractivity contribution < 1.29 is 23.0 Å². The first-order chi connectivity index (χ1) is 7.61. The van der Waals surface area contributed by atoms with Gasteiger partial charge in [-0.3, -0.25) is 0 Å². The van der Waals surface area contributed by atoms with Crippen LogP contribution in [0.1, 0.15) is 32.4 Å². The molecule has 0 saturated carbocycles. The fraction of sp³-hybridized carbons (Fsp3) is 0.500. The molecule has 1 aromatic rings. The number of hydrogen-bond donors (Lipinski definition) is 1. The summed E-state index contributed by atoms with van der Waals surface area (Å²) >= 11 is 0. The molecule has 17 heavy (non-hydrogen) atoms. The zero-order valence-electron chi connectivity index (χ0n) is 9.88. The van der Waals surface area contributed by atoms with E-state index >= 15 is 0 Å². The van der Waals surface area contributed by atoms with E-state index in [1.807, 2.05) is 0 Å². The van der Waals surface area contributed by atoms with Gasteiger partial charge in [0, 0.05) is 5.56 Å². The van der Waals surface area contributed by atoms with E-state index in [0.29, 0.717) is 0 Å². The van der Waals surface area contributed by atoms with E-state index in [0.717, 1.165) is 0 Å². The van der Waals surface area contributed by atoms with Gasteiger partial charge < -0.3 is 9.84 Å². The van der Waals surface area contributed by atoms with E-state index in [-0.39, 0.29) is 11.3 Å². The molecule has 1 unspecified atom stereocenters. The van der Waals surface area contributed by atoms with Crippen LogP contribution in [0, 0.1) is 5.41 Å². The molecule has 0 spiro atoms. The van der Waals surface area contributed by atoms with Crippen molar-refractivity contribution in [2.75, 3.05) is 0 Å². The lowest BCUT2D eigenvalue weighted by atomic mass is 9.84. The van der Waals surface area contributed by atoms with Gasteiger partial charge in [-0.05, 0) is 11.5 Å². The van der Waals surface area contributed by atoms with Gasteiger partial charge in [0.2, 0.25) is 0 Å². The largest absolute Gasteiger partial charge is 0.573 e. The van der Waals surface area contributed by atoms with Crippen molar-refractivity contribution in [2.24, 2.45) is 5.41 Å². The molecule has 0 amide bonds. The molecule has 1 N–H and O–H groups in total. The number of halogens is 3. The zero-order chi connectivity index (χ0) is 13.3. The number of hydrogen-bond acceptors (Lipinski definition) is 2. The normalized spacial score (nSPS) is 14.5. The van der Waals surface area contributed by atoms with Gasteiger partial charge in [-0.15, -0.1) is 13.2 Å². The van der Waals surface area contributed by atoms with Crippen molar-refractivity contribution in [1.82, 2.24) is 0 Å². The number of benzene rings is 1. The second kappa shape index (κ2) is 4.56. The van der Waals surface area contributed by atoms with Crippen LogP contribution in [0.4, 0.5) is 13.2 Å². The molecule has 0 aliphatic heterocycles. The maximum absolute atomic E-state index is 12.2. The molecule has 0 aliphatic rings. The Morgan fingerprint density at radius 2 is 1.65 bits per heavy atom. The molecule has 96 valence electrons. The number of alkyl halides is 3. The van der Waals surface area contributed by atoms with Crippen LogP contribution in [0.15, 0.2) is 24.3 Å². The van der Waals surface area contributed by atoms with E-state index in [1.165, 1.54) is 18.2 Å². The van der Waals surface area contributed by atoms with E-state index in [1.54, 1.807) is 26.8 Å². The highest BCUT2D eigenvalue weighted by molar-refractivity contribution is 5.36. The lowest BCUT2D eigenvalue weighted by molar-refractivity contribution is -0.275. The van der Waals surface area contributed by atoms with Crippen molar-refractivity contribution in [1.29, 1.82) is 0 Å². The highest BCUT2D eigenvalue weighted by Gasteiger charge is 2.34. The molecular formula is C12H15F3O2. The zero-order valence-corrected chi connectivity index (χ0v) is 9.88. The summed E-state index contributed by atoms with van der Waals surface area (Å²) in [6.45, 7) is 5.21. The fourth-order valence-corrected chi connectivity index (χ4v) is 1.39. The highest BCUT2D eigenvalue weighted by atomic mass is 19.4. The van der Waals surface area contributed by atoms with Crippen LogP contribution in [-0.2, 0) is 0 Å². The Kier molecular flexibility index (Phi) is 3.71. The molecule has 0 radical (unpaired) electrons. The summed E-state index contributed by atoms with van der Waals surface area (Å²) in [6.07, 6.45) is -5.78. The second-order valence-corrected chi connectivity index (χ2v) is 4.85. The molecular weight excluding hydrogens is 233 g/mol. The Hall–Kier alpha value is -1.23. The number of aliphatic hydroxyl groups excluding tert-OH is 1. The van der Waals surface area contributed by atoms with Crippen molar-refractivity contribution >= 4 is 0 Å². The minimum atomic E-state index is -4.76. The van der Waals surface area contributed by atoms with Gasteiger partial charge >= 0.3 is 6.36 Å². The van der Waals surface area contributed by atoms with Crippen LogP contribution < -0.4 is 4.74 Å². The predicted octanol–water partition coefficient (Wildman–Crippen LogP) is 3.66. The quantitative estimate of drug-likeness (QED) is 0.865. The number of ether oxygens (including phenoxy) is 1. The topological polar surface area (TPSA) is 29.5 Å². The summed E-state index contributed by atoms with van der Waals surface area (Å²) in [5.41, 5.74) is -0.428. The predicted molar refractivity (Wildman–Crippen MR) is 57.5 cm³/mol. The maximum Gasteiger partial charge on any atom is 0.573 e. The third kappa shape index (κ3) is 3.93. The number of para-hydroxylation sites is 1. The van der Waals surface area contributed by atoms with Gasteiger partial charge in [0.1, 0.15) is 5.75 Å². The van der Waals surface area contributed by atoms with Gasteiger partial charge in [0.05, 0.1) is 6.10 Å². The van der Waals surface area contributed by atoms with Crippen molar-refractivity contribution in [2.45, 2.75) is 33.2 Å². The summed E-state index contributed by atoms with van der Waals surface area (Å²) in [7, 11) is 0. The Bertz CT molecular complexity index is 380. The summed E-state index contributed by atoms with van der Waals surface area (Å²) in [5, 5.41) is 9.99. The molecule has 0 aromatic heterocycles. The van der Waals surface area contributed by atoms with Gasteiger partial charge in [-0.2, -0.15) is 0 Å². The third-order valence-electron chi connectivity index (χ3n) is 2.26. The highest BCUT2D eigenvalue weighted by Crippen LogP contribution is 2.38. The fourth-order valence-electron chi connectivity index (χ4n) is 1.39. The van der Waals surface area contributed by atoms with Crippen LogP contribution in [0.25, 0.3) is 0 Å². The number of aliphatic hydroxyl groups is 1. The minimum Gasteiger partial charge on any atom is -0.405 e. The molecule has 0 aliphatic carbocycles. The summed E-state index contributed by atoms with van der Waals surface area (Å²) in [4.78, 5) is 0. The van der Waals surface area contributed by atoms with E-state index in [4.69, 9.17) is 0 Å². The monoisotopic (exact) mass is 248 g/mol. The first kappa shape index (κ1) is 13.8. The SMILES string of the molecule is CC(C)(C)C(O)c1ccccc1OC(F)(F)F. The van der Waals surface area contributed by atoms with Crippen LogP contribution >= 0.6 is 0 Å². The van der Waals surface area contributed by atoms with Crippen molar-refractivity contribution in [3.8, 4) is 5.75 Å².